The summed E-state index contributed by atoms with van der Waals surface area (Å²) in [5, 5.41) is 80.8. The van der Waals surface area contributed by atoms with Crippen molar-refractivity contribution in [1.29, 1.82) is 0 Å². The van der Waals surface area contributed by atoms with Crippen molar-refractivity contribution in [3.05, 3.63) is 0 Å². The Morgan fingerprint density at radius 2 is 0.714 bits per heavy atom. The van der Waals surface area contributed by atoms with E-state index in [1.54, 1.807) is 0 Å². The van der Waals surface area contributed by atoms with E-state index < -0.39 is 54.8 Å². The van der Waals surface area contributed by atoms with Crippen molar-refractivity contribution >= 4 is 36.4 Å². The van der Waals surface area contributed by atoms with Crippen LogP contribution in [0.5, 0.6) is 0 Å². The minimum atomic E-state index is -2.97. The number of hydrogen-bond acceptors (Lipinski definition) is 10. The van der Waals surface area contributed by atoms with Crippen LogP contribution in [0.3, 0.4) is 0 Å². The van der Waals surface area contributed by atoms with Crippen LogP contribution in [0, 0.1) is 0 Å². The fourth-order valence-corrected chi connectivity index (χ4v) is 0.684. The molecule has 0 saturated heterocycles. The van der Waals surface area contributed by atoms with Crippen molar-refractivity contribution in [2.75, 3.05) is 0 Å². The van der Waals surface area contributed by atoms with E-state index in [9.17, 15) is 29.7 Å². The molecule has 0 aromatic rings. The molecule has 0 spiro atoms. The molecule has 0 radical (unpaired) electrons. The first kappa shape index (κ1) is 45.7. The molecule has 28 heavy (non-hydrogen) atoms. The molecule has 0 aliphatic carbocycles. The molecule has 7 N–H and O–H groups in total. The van der Waals surface area contributed by atoms with Gasteiger partial charge in [-0.15, -0.1) is 0 Å². The maximum absolute atomic E-state index is 10.1. The molecule has 0 rings (SSSR count). The van der Waals surface area contributed by atoms with Crippen molar-refractivity contribution in [3.63, 3.8) is 0 Å². The van der Waals surface area contributed by atoms with Gasteiger partial charge in [0.15, 0.2) is 0 Å². The fraction of sp³-hybridized carbons (Fsp3) is 0.333. The Kier molecular flexibility index (Phi) is 42.8. The van der Waals surface area contributed by atoms with Gasteiger partial charge in [0.25, 0.3) is 0 Å². The van der Waals surface area contributed by atoms with E-state index in [4.69, 9.17) is 50.1 Å². The molecule has 0 aromatic carbocycles. The summed E-state index contributed by atoms with van der Waals surface area (Å²) in [6, 6.07) is 0. The Bertz CT molecular complexity index is 435. The van der Waals surface area contributed by atoms with E-state index in [0.717, 1.165) is 0 Å². The summed E-state index contributed by atoms with van der Waals surface area (Å²) in [5.74, 6) is -5.98. The predicted octanol–water partition coefficient (Wildman–Crippen LogP) is -13.6. The smallest absolute Gasteiger partial charge is 0.550 e. The molecular weight excluding hydrogens is 433 g/mol. The Morgan fingerprint density at radius 3 is 0.786 bits per heavy atom. The van der Waals surface area contributed by atoms with Crippen LogP contribution < -0.4 is 104 Å². The van der Waals surface area contributed by atoms with Crippen LogP contribution >= 0.6 is 0 Å². The third-order valence-corrected chi connectivity index (χ3v) is 1.25. The molecular formula is C9H11Na3O16. The quantitative estimate of drug-likeness (QED) is 0.193. The van der Waals surface area contributed by atoms with E-state index in [0.29, 0.717) is 0 Å². The minimum absolute atomic E-state index is 0. The van der Waals surface area contributed by atoms with Crippen molar-refractivity contribution in [2.24, 2.45) is 0 Å². The van der Waals surface area contributed by atoms with Crippen LogP contribution in [0.25, 0.3) is 0 Å². The third-order valence-electron chi connectivity index (χ3n) is 1.25. The second-order valence-corrected chi connectivity index (χ2v) is 3.26. The van der Waals surface area contributed by atoms with Crippen LogP contribution in [-0.4, -0.2) is 77.7 Å². The molecule has 0 fully saturated rings. The first-order valence-corrected chi connectivity index (χ1v) is 5.07. The molecule has 0 saturated carbocycles. The SMILES string of the molecule is O=C(O)O.O=C(O)O.O=C(O)O.O=C([O-])CC(O)(CC(=O)[O-])C(=O)[O-].[Na+].[Na+].[Na+]. The Balaban J connectivity index is -0.0000000493. The summed E-state index contributed by atoms with van der Waals surface area (Å²) in [6.45, 7) is 0. The average Bonchev–Trinajstić information content (AvgIpc) is 2.22. The zero-order valence-electron chi connectivity index (χ0n) is 14.7. The third kappa shape index (κ3) is 63.9. The molecule has 0 aliphatic heterocycles. The Labute approximate surface area is 221 Å². The van der Waals surface area contributed by atoms with Gasteiger partial charge in [-0.25, -0.2) is 14.4 Å². The molecule has 146 valence electrons. The number of carboxylic acids is 3. The number of aliphatic hydroxyl groups is 1. The van der Waals surface area contributed by atoms with Gasteiger partial charge >= 0.3 is 107 Å². The van der Waals surface area contributed by atoms with Gasteiger partial charge in [0.05, 0.1) is 5.97 Å². The van der Waals surface area contributed by atoms with Crippen molar-refractivity contribution in [1.82, 2.24) is 0 Å². The number of rotatable bonds is 5. The molecule has 0 unspecified atom stereocenters. The van der Waals surface area contributed by atoms with Gasteiger partial charge < -0.3 is 65.4 Å². The van der Waals surface area contributed by atoms with Crippen LogP contribution in [0.2, 0.25) is 0 Å². The molecule has 0 atom stereocenters. The molecule has 16 nitrogen and oxygen atoms in total. The van der Waals surface area contributed by atoms with E-state index in [-0.39, 0.29) is 88.7 Å². The number of aliphatic carboxylic acids is 3. The van der Waals surface area contributed by atoms with Gasteiger partial charge in [0, 0.05) is 24.8 Å². The largest absolute Gasteiger partial charge is 1.00 e. The summed E-state index contributed by atoms with van der Waals surface area (Å²) >= 11 is 0. The average molecular weight is 444 g/mol. The standard InChI is InChI=1S/C6H8O7.3CH2O3.3Na/c7-3(8)1-6(13,5(11)12)2-4(9)10;3*2-1(3)4;;;/h13H,1-2H2,(H,7,8)(H,9,10)(H,11,12);3*(H2,2,3,4);;;/q;;;;3*+1/p-3. The molecule has 0 aromatic heterocycles. The fourth-order valence-electron chi connectivity index (χ4n) is 0.684. The Morgan fingerprint density at radius 1 is 0.571 bits per heavy atom. The van der Waals surface area contributed by atoms with Crippen molar-refractivity contribution in [3.8, 4) is 0 Å². The number of hydrogen-bond donors (Lipinski definition) is 7. The van der Waals surface area contributed by atoms with Crippen LogP contribution in [0.1, 0.15) is 12.8 Å². The van der Waals surface area contributed by atoms with E-state index in [1.807, 2.05) is 0 Å². The molecule has 0 amide bonds. The first-order chi connectivity index (χ1) is 11.0. The maximum Gasteiger partial charge on any atom is 1.00 e. The number of carbonyl (C=O) groups excluding carboxylic acids is 3. The number of carboxylic acid groups (broad SMARTS) is 9. The van der Waals surface area contributed by atoms with Crippen LogP contribution in [0.4, 0.5) is 14.4 Å². The van der Waals surface area contributed by atoms with Gasteiger partial charge in [0.2, 0.25) is 0 Å². The van der Waals surface area contributed by atoms with Gasteiger partial charge in [0.1, 0.15) is 5.60 Å². The summed E-state index contributed by atoms with van der Waals surface area (Å²) in [6.07, 6.45) is -8.22. The van der Waals surface area contributed by atoms with E-state index >= 15 is 0 Å². The molecule has 0 aliphatic rings. The summed E-state index contributed by atoms with van der Waals surface area (Å²) < 4.78 is 0. The van der Waals surface area contributed by atoms with Gasteiger partial charge in [-0.1, -0.05) is 0 Å². The van der Waals surface area contributed by atoms with Crippen LogP contribution in [-0.2, 0) is 14.4 Å². The summed E-state index contributed by atoms with van der Waals surface area (Å²) in [5.41, 5.74) is -2.97. The zero-order chi connectivity index (χ0) is 21.4. The van der Waals surface area contributed by atoms with Gasteiger partial charge in [-0.2, -0.15) is 0 Å². The van der Waals surface area contributed by atoms with Crippen molar-refractivity contribution < 1.29 is 169 Å². The maximum atomic E-state index is 10.1. The van der Waals surface area contributed by atoms with Crippen molar-refractivity contribution in [2.45, 2.75) is 18.4 Å². The van der Waals surface area contributed by atoms with E-state index in [1.165, 1.54) is 0 Å². The minimum Gasteiger partial charge on any atom is -0.550 e. The van der Waals surface area contributed by atoms with Gasteiger partial charge in [-0.3, -0.25) is 0 Å². The first-order valence-electron chi connectivity index (χ1n) is 5.07. The molecule has 19 heteroatoms. The second kappa shape index (κ2) is 26.2. The second-order valence-electron chi connectivity index (χ2n) is 3.26. The molecule has 0 bridgehead atoms. The van der Waals surface area contributed by atoms with E-state index in [2.05, 4.69) is 0 Å². The number of carbonyl (C=O) groups is 6. The summed E-state index contributed by atoms with van der Waals surface area (Å²) in [7, 11) is 0. The topological polar surface area (TPSA) is 313 Å². The Hall–Kier alpha value is -0.820. The molecule has 0 heterocycles. The van der Waals surface area contributed by atoms with Gasteiger partial charge in [-0.05, 0) is 0 Å². The zero-order valence-corrected chi connectivity index (χ0v) is 20.7. The predicted molar refractivity (Wildman–Crippen MR) is 61.2 cm³/mol. The monoisotopic (exact) mass is 444 g/mol. The van der Waals surface area contributed by atoms with Crippen LogP contribution in [0.15, 0.2) is 0 Å². The summed E-state index contributed by atoms with van der Waals surface area (Å²) in [4.78, 5) is 55.7. The normalized spacial score (nSPS) is 7.61.